The number of furan rings is 1. The minimum atomic E-state index is -3.08. The second-order valence-corrected chi connectivity index (χ2v) is 9.64. The Kier molecular flexibility index (Phi) is 5.07. The Labute approximate surface area is 181 Å². The molecule has 0 aromatic carbocycles. The molecule has 0 aliphatic heterocycles. The summed E-state index contributed by atoms with van der Waals surface area (Å²) >= 11 is 5.68. The molecule has 0 radical (unpaired) electrons. The third-order valence-electron chi connectivity index (χ3n) is 6.98. The molecule has 2 aromatic rings. The number of hydrogen-bond acceptors (Lipinski definition) is 3. The Hall–Kier alpha value is -2.03. The summed E-state index contributed by atoms with van der Waals surface area (Å²) in [6.45, 7) is -0.337. The molecule has 4 aliphatic rings. The summed E-state index contributed by atoms with van der Waals surface area (Å²) in [4.78, 5) is 12.9. The minimum absolute atomic E-state index is 0.0664. The van der Waals surface area contributed by atoms with E-state index in [-0.39, 0.29) is 29.5 Å². The van der Waals surface area contributed by atoms with E-state index in [4.69, 9.17) is 16.0 Å². The Bertz CT molecular complexity index is 968. The fourth-order valence-electron chi connectivity index (χ4n) is 6.24. The predicted octanol–water partition coefficient (Wildman–Crippen LogP) is 5.75. The first-order valence-corrected chi connectivity index (χ1v) is 10.8. The van der Waals surface area contributed by atoms with Crippen LogP contribution >= 0.6 is 11.6 Å². The number of nitrogens with zero attached hydrogens (tertiary/aromatic N) is 2. The van der Waals surface area contributed by atoms with Crippen LogP contribution in [0.4, 0.5) is 17.6 Å². The maximum absolute atomic E-state index is 13.3. The molecule has 0 spiro atoms. The van der Waals surface area contributed by atoms with Gasteiger partial charge in [-0.05, 0) is 68.4 Å². The van der Waals surface area contributed by atoms with Gasteiger partial charge in [0, 0.05) is 5.54 Å². The summed E-state index contributed by atoms with van der Waals surface area (Å²) in [5.41, 5.74) is -1.89. The van der Waals surface area contributed by atoms with Gasteiger partial charge in [-0.3, -0.25) is 9.48 Å². The highest BCUT2D eigenvalue weighted by molar-refractivity contribution is 6.32. The van der Waals surface area contributed by atoms with Crippen molar-refractivity contribution in [1.29, 1.82) is 0 Å². The predicted molar refractivity (Wildman–Crippen MR) is 103 cm³/mol. The number of nitrogens with one attached hydrogen (secondary N) is 1. The fraction of sp³-hybridized carbons (Fsp3) is 0.619. The molecule has 0 saturated heterocycles. The van der Waals surface area contributed by atoms with Gasteiger partial charge >= 0.3 is 0 Å². The summed E-state index contributed by atoms with van der Waals surface area (Å²) in [5, 5.41) is 5.95. The molecule has 0 atom stereocenters. The maximum Gasteiger partial charge on any atom is 0.287 e. The van der Waals surface area contributed by atoms with E-state index in [0.717, 1.165) is 19.3 Å². The molecule has 5 nitrogen and oxygen atoms in total. The van der Waals surface area contributed by atoms with Crippen molar-refractivity contribution in [2.24, 2.45) is 17.8 Å². The van der Waals surface area contributed by atoms with Gasteiger partial charge in [-0.25, -0.2) is 17.6 Å². The highest BCUT2D eigenvalue weighted by atomic mass is 35.5. The summed E-state index contributed by atoms with van der Waals surface area (Å²) < 4.78 is 58.9. The Morgan fingerprint density at radius 1 is 1.13 bits per heavy atom. The number of carbonyl (C=O) groups excluding carboxylic acids is 1. The van der Waals surface area contributed by atoms with E-state index in [2.05, 4.69) is 10.4 Å². The van der Waals surface area contributed by atoms with Crippen molar-refractivity contribution in [1.82, 2.24) is 15.1 Å². The molecular weight excluding hydrogens is 438 g/mol. The Morgan fingerprint density at radius 2 is 1.74 bits per heavy atom. The van der Waals surface area contributed by atoms with Gasteiger partial charge in [0.25, 0.3) is 18.8 Å². The average molecular weight is 460 g/mol. The lowest BCUT2D eigenvalue weighted by molar-refractivity contribution is -0.0171. The van der Waals surface area contributed by atoms with E-state index in [0.29, 0.717) is 22.4 Å². The molecule has 4 fully saturated rings. The van der Waals surface area contributed by atoms with Crippen LogP contribution in [0.2, 0.25) is 5.02 Å². The first-order valence-electron chi connectivity index (χ1n) is 10.5. The fourth-order valence-corrected chi connectivity index (χ4v) is 6.54. The normalized spacial score (nSPS) is 29.3. The maximum atomic E-state index is 13.3. The topological polar surface area (TPSA) is 60.1 Å². The van der Waals surface area contributed by atoms with Crippen molar-refractivity contribution in [3.05, 3.63) is 40.1 Å². The molecule has 31 heavy (non-hydrogen) atoms. The van der Waals surface area contributed by atoms with Gasteiger partial charge < -0.3 is 9.73 Å². The van der Waals surface area contributed by atoms with Crippen molar-refractivity contribution in [3.63, 3.8) is 0 Å². The van der Waals surface area contributed by atoms with E-state index >= 15 is 0 Å². The van der Waals surface area contributed by atoms with Gasteiger partial charge in [0.15, 0.2) is 5.76 Å². The molecule has 0 unspecified atom stereocenters. The highest BCUT2D eigenvalue weighted by Crippen LogP contribution is 2.55. The lowest BCUT2D eigenvalue weighted by Crippen LogP contribution is -2.59. The molecule has 4 bridgehead atoms. The zero-order valence-electron chi connectivity index (χ0n) is 16.6. The highest BCUT2D eigenvalue weighted by Gasteiger charge is 2.51. The van der Waals surface area contributed by atoms with Crippen LogP contribution in [0.5, 0.6) is 0 Å². The number of alkyl halides is 4. The van der Waals surface area contributed by atoms with Gasteiger partial charge in [0.1, 0.15) is 17.1 Å². The third kappa shape index (κ3) is 3.75. The zero-order chi connectivity index (χ0) is 21.9. The van der Waals surface area contributed by atoms with Crippen molar-refractivity contribution in [3.8, 4) is 0 Å². The van der Waals surface area contributed by atoms with Crippen LogP contribution in [-0.4, -0.2) is 21.2 Å². The molecular formula is C21H22ClF4N3O2. The largest absolute Gasteiger partial charge is 0.454 e. The standard InChI is InChI=1S/C21H22ClF4N3O2/c22-15-16(18(23)24)28-29(17(15)19(25)26)9-13-1-2-14(31-13)20(30)27-21-6-10-3-11(7-21)5-12(4-10)8-21/h1-2,10-12,18-19H,3-9H2,(H,27,30). The van der Waals surface area contributed by atoms with Gasteiger partial charge in [-0.1, -0.05) is 11.6 Å². The number of aromatic nitrogens is 2. The number of rotatable bonds is 6. The molecule has 10 heteroatoms. The molecule has 1 amide bonds. The first kappa shape index (κ1) is 20.8. The van der Waals surface area contributed by atoms with E-state index in [1.165, 1.54) is 31.4 Å². The van der Waals surface area contributed by atoms with E-state index in [9.17, 15) is 22.4 Å². The Morgan fingerprint density at radius 3 is 2.29 bits per heavy atom. The number of amides is 1. The summed E-state index contributed by atoms with van der Waals surface area (Å²) in [7, 11) is 0. The molecule has 4 aliphatic carbocycles. The SMILES string of the molecule is O=C(NC12CC3CC(CC(C3)C1)C2)c1ccc(Cn2nc(C(F)F)c(Cl)c2C(F)F)o1. The molecule has 168 valence electrons. The van der Waals surface area contributed by atoms with Crippen LogP contribution in [0.15, 0.2) is 16.5 Å². The van der Waals surface area contributed by atoms with Crippen LogP contribution in [0.3, 0.4) is 0 Å². The number of halogens is 5. The van der Waals surface area contributed by atoms with Crippen molar-refractivity contribution >= 4 is 17.5 Å². The molecule has 2 aromatic heterocycles. The number of hydrogen-bond donors (Lipinski definition) is 1. The van der Waals surface area contributed by atoms with Crippen molar-refractivity contribution in [2.75, 3.05) is 0 Å². The molecule has 4 saturated carbocycles. The summed E-state index contributed by atoms with van der Waals surface area (Å²) in [6.07, 6.45) is 0.540. The first-order chi connectivity index (χ1) is 14.7. The van der Waals surface area contributed by atoms with Crippen LogP contribution in [-0.2, 0) is 6.54 Å². The van der Waals surface area contributed by atoms with Gasteiger partial charge in [-0.15, -0.1) is 0 Å². The van der Waals surface area contributed by atoms with Gasteiger partial charge in [-0.2, -0.15) is 5.10 Å². The van der Waals surface area contributed by atoms with E-state index in [1.54, 1.807) is 0 Å². The second kappa shape index (κ2) is 7.53. The average Bonchev–Trinajstić information content (AvgIpc) is 3.25. The minimum Gasteiger partial charge on any atom is -0.454 e. The monoisotopic (exact) mass is 459 g/mol. The third-order valence-corrected chi connectivity index (χ3v) is 7.36. The van der Waals surface area contributed by atoms with Crippen LogP contribution in [0.25, 0.3) is 0 Å². The molecule has 6 rings (SSSR count). The van der Waals surface area contributed by atoms with Gasteiger partial charge in [0.2, 0.25) is 0 Å². The smallest absolute Gasteiger partial charge is 0.287 e. The van der Waals surface area contributed by atoms with Crippen LogP contribution in [0.1, 0.15) is 79.1 Å². The van der Waals surface area contributed by atoms with E-state index in [1.807, 2.05) is 0 Å². The van der Waals surface area contributed by atoms with E-state index < -0.39 is 29.3 Å². The number of carbonyl (C=O) groups is 1. The second-order valence-electron chi connectivity index (χ2n) is 9.26. The molecule has 1 N–H and O–H groups in total. The van der Waals surface area contributed by atoms with Crippen LogP contribution in [0, 0.1) is 17.8 Å². The van der Waals surface area contributed by atoms with Crippen molar-refractivity contribution in [2.45, 2.75) is 63.5 Å². The van der Waals surface area contributed by atoms with Crippen molar-refractivity contribution < 1.29 is 26.8 Å². The zero-order valence-corrected chi connectivity index (χ0v) is 17.3. The summed E-state index contributed by atoms with van der Waals surface area (Å²) in [6, 6.07) is 2.92. The summed E-state index contributed by atoms with van der Waals surface area (Å²) in [5.74, 6) is 1.88. The van der Waals surface area contributed by atoms with Gasteiger partial charge in [0.05, 0.1) is 11.6 Å². The molecule has 2 heterocycles. The lowest BCUT2D eigenvalue weighted by atomic mass is 9.53. The Balaban J connectivity index is 1.32. The van der Waals surface area contributed by atoms with Crippen LogP contribution < -0.4 is 5.32 Å². The quantitative estimate of drug-likeness (QED) is 0.559. The lowest BCUT2D eigenvalue weighted by Gasteiger charge is -2.56.